The van der Waals surface area contributed by atoms with Crippen LogP contribution in [0.4, 0.5) is 4.79 Å². The van der Waals surface area contributed by atoms with Gasteiger partial charge >= 0.3 is 6.09 Å². The molecule has 92 valence electrons. The van der Waals surface area contributed by atoms with Crippen LogP contribution in [0.25, 0.3) is 0 Å². The number of nitrogens with two attached hydrogens (primary N) is 1. The Bertz CT molecular complexity index is 262. The van der Waals surface area contributed by atoms with Gasteiger partial charge in [0.2, 0.25) is 5.91 Å². The fourth-order valence-corrected chi connectivity index (χ4v) is 1.69. The summed E-state index contributed by atoms with van der Waals surface area (Å²) in [4.78, 5) is 24.1. The molecule has 6 nitrogen and oxygen atoms in total. The van der Waals surface area contributed by atoms with E-state index in [2.05, 4.69) is 5.32 Å². The maximum atomic E-state index is 11.7. The summed E-state index contributed by atoms with van der Waals surface area (Å²) in [5.41, 5.74) is 5.12. The fourth-order valence-electron chi connectivity index (χ4n) is 1.69. The van der Waals surface area contributed by atoms with Crippen LogP contribution in [-0.2, 0) is 9.53 Å². The lowest BCUT2D eigenvalue weighted by atomic mass is 10.2. The standard InChI is InChI=1S/C10H19N3O3/c1-7(2)16-10(15)13(6-9(11)14)8-3-4-12-5-8/h7-8,12H,3-6H2,1-2H3,(H2,11,14). The summed E-state index contributed by atoms with van der Waals surface area (Å²) in [6, 6.07) is -0.00116. The molecule has 3 N–H and O–H groups in total. The first kappa shape index (κ1) is 12.8. The van der Waals surface area contributed by atoms with Gasteiger partial charge in [-0.15, -0.1) is 0 Å². The topological polar surface area (TPSA) is 84.7 Å². The van der Waals surface area contributed by atoms with E-state index in [4.69, 9.17) is 10.5 Å². The van der Waals surface area contributed by atoms with Gasteiger partial charge < -0.3 is 15.8 Å². The Kier molecular flexibility index (Phi) is 4.54. The lowest BCUT2D eigenvalue weighted by Crippen LogP contribution is -2.46. The Labute approximate surface area is 95.1 Å². The maximum absolute atomic E-state index is 11.7. The van der Waals surface area contributed by atoms with Crippen molar-refractivity contribution in [2.24, 2.45) is 5.73 Å². The SMILES string of the molecule is CC(C)OC(=O)N(CC(N)=O)C1CCNC1. The zero-order valence-electron chi connectivity index (χ0n) is 9.73. The molecule has 1 rings (SSSR count). The molecule has 1 fully saturated rings. The number of ether oxygens (including phenoxy) is 1. The third kappa shape index (κ3) is 3.69. The highest BCUT2D eigenvalue weighted by Gasteiger charge is 2.29. The third-order valence-electron chi connectivity index (χ3n) is 2.37. The van der Waals surface area contributed by atoms with Crippen LogP contribution in [0.3, 0.4) is 0 Å². The number of primary amides is 1. The molecule has 1 atom stereocenters. The summed E-state index contributed by atoms with van der Waals surface area (Å²) < 4.78 is 5.08. The molecular formula is C10H19N3O3. The smallest absolute Gasteiger partial charge is 0.410 e. The van der Waals surface area contributed by atoms with Crippen LogP contribution in [0, 0.1) is 0 Å². The number of rotatable bonds is 4. The van der Waals surface area contributed by atoms with Gasteiger partial charge in [-0.1, -0.05) is 0 Å². The molecule has 2 amide bonds. The summed E-state index contributed by atoms with van der Waals surface area (Å²) in [6.45, 7) is 4.98. The zero-order chi connectivity index (χ0) is 12.1. The highest BCUT2D eigenvalue weighted by molar-refractivity contribution is 5.81. The number of amides is 2. The van der Waals surface area contributed by atoms with Crippen molar-refractivity contribution >= 4 is 12.0 Å². The molecule has 0 saturated carbocycles. The largest absolute Gasteiger partial charge is 0.447 e. The minimum Gasteiger partial charge on any atom is -0.447 e. The molecule has 0 aliphatic carbocycles. The summed E-state index contributed by atoms with van der Waals surface area (Å²) >= 11 is 0. The average molecular weight is 229 g/mol. The van der Waals surface area contributed by atoms with Gasteiger partial charge in [0.1, 0.15) is 6.54 Å². The van der Waals surface area contributed by atoms with Crippen LogP contribution in [0.2, 0.25) is 0 Å². The minimum atomic E-state index is -0.521. The van der Waals surface area contributed by atoms with Gasteiger partial charge in [-0.25, -0.2) is 4.79 Å². The number of hydrogen-bond donors (Lipinski definition) is 2. The first-order valence-corrected chi connectivity index (χ1v) is 5.47. The van der Waals surface area contributed by atoms with Crippen LogP contribution in [-0.4, -0.2) is 48.7 Å². The highest BCUT2D eigenvalue weighted by atomic mass is 16.6. The Morgan fingerprint density at radius 3 is 2.69 bits per heavy atom. The van der Waals surface area contributed by atoms with Crippen molar-refractivity contribution in [3.8, 4) is 0 Å². The van der Waals surface area contributed by atoms with Gasteiger partial charge in [0.05, 0.1) is 6.10 Å². The Morgan fingerprint density at radius 1 is 1.56 bits per heavy atom. The maximum Gasteiger partial charge on any atom is 0.410 e. The van der Waals surface area contributed by atoms with Crippen molar-refractivity contribution < 1.29 is 14.3 Å². The summed E-state index contributed by atoms with van der Waals surface area (Å²) in [6.07, 6.45) is 0.153. The first-order chi connectivity index (χ1) is 7.50. The molecule has 6 heteroatoms. The molecule has 1 saturated heterocycles. The molecule has 1 aliphatic rings. The second-order valence-electron chi connectivity index (χ2n) is 4.17. The van der Waals surface area contributed by atoms with E-state index in [9.17, 15) is 9.59 Å². The van der Waals surface area contributed by atoms with Crippen LogP contribution in [0.15, 0.2) is 0 Å². The zero-order valence-corrected chi connectivity index (χ0v) is 9.73. The molecule has 0 spiro atoms. The van der Waals surface area contributed by atoms with Crippen molar-refractivity contribution in [3.63, 3.8) is 0 Å². The van der Waals surface area contributed by atoms with Crippen LogP contribution in [0.1, 0.15) is 20.3 Å². The molecule has 0 bridgehead atoms. The second kappa shape index (κ2) is 5.69. The summed E-state index contributed by atoms with van der Waals surface area (Å²) in [5, 5.41) is 3.13. The van der Waals surface area contributed by atoms with Crippen LogP contribution >= 0.6 is 0 Å². The predicted octanol–water partition coefficient (Wildman–Crippen LogP) is -0.319. The monoisotopic (exact) mass is 229 g/mol. The van der Waals surface area contributed by atoms with Gasteiger partial charge in [-0.05, 0) is 26.8 Å². The molecule has 0 aromatic heterocycles. The molecular weight excluding hydrogens is 210 g/mol. The molecule has 1 heterocycles. The van der Waals surface area contributed by atoms with Crippen molar-refractivity contribution in [3.05, 3.63) is 0 Å². The number of carbonyl (C=O) groups excluding carboxylic acids is 2. The Balaban J connectivity index is 2.61. The highest BCUT2D eigenvalue weighted by Crippen LogP contribution is 2.10. The van der Waals surface area contributed by atoms with E-state index in [-0.39, 0.29) is 18.7 Å². The summed E-state index contributed by atoms with van der Waals surface area (Å²) in [7, 11) is 0. The fraction of sp³-hybridized carbons (Fsp3) is 0.800. The van der Waals surface area contributed by atoms with Gasteiger partial charge in [-0.2, -0.15) is 0 Å². The van der Waals surface area contributed by atoms with E-state index in [1.54, 1.807) is 13.8 Å². The lowest BCUT2D eigenvalue weighted by molar-refractivity contribution is -0.119. The molecule has 0 aromatic rings. The van der Waals surface area contributed by atoms with E-state index in [1.807, 2.05) is 0 Å². The molecule has 1 unspecified atom stereocenters. The van der Waals surface area contributed by atoms with E-state index < -0.39 is 12.0 Å². The van der Waals surface area contributed by atoms with Crippen LogP contribution in [0.5, 0.6) is 0 Å². The normalized spacial score (nSPS) is 19.8. The van der Waals surface area contributed by atoms with Crippen molar-refractivity contribution in [2.45, 2.75) is 32.4 Å². The number of carbonyl (C=O) groups is 2. The Hall–Kier alpha value is -1.30. The van der Waals surface area contributed by atoms with Crippen molar-refractivity contribution in [1.29, 1.82) is 0 Å². The van der Waals surface area contributed by atoms with Gasteiger partial charge in [0.25, 0.3) is 0 Å². The van der Waals surface area contributed by atoms with Crippen molar-refractivity contribution in [1.82, 2.24) is 10.2 Å². The molecule has 0 aromatic carbocycles. The average Bonchev–Trinajstić information content (AvgIpc) is 2.64. The quantitative estimate of drug-likeness (QED) is 0.692. The number of nitrogens with one attached hydrogen (secondary N) is 1. The molecule has 16 heavy (non-hydrogen) atoms. The summed E-state index contributed by atoms with van der Waals surface area (Å²) in [5.74, 6) is -0.521. The van der Waals surface area contributed by atoms with Gasteiger partial charge in [-0.3, -0.25) is 9.69 Å². The van der Waals surface area contributed by atoms with E-state index in [0.717, 1.165) is 13.0 Å². The minimum absolute atomic E-state index is 0.00116. The first-order valence-electron chi connectivity index (χ1n) is 5.47. The molecule has 1 aliphatic heterocycles. The predicted molar refractivity (Wildman–Crippen MR) is 58.8 cm³/mol. The van der Waals surface area contributed by atoms with E-state index in [1.165, 1.54) is 4.90 Å². The van der Waals surface area contributed by atoms with Gasteiger partial charge in [0, 0.05) is 12.6 Å². The number of nitrogens with zero attached hydrogens (tertiary/aromatic N) is 1. The third-order valence-corrected chi connectivity index (χ3v) is 2.37. The number of hydrogen-bond acceptors (Lipinski definition) is 4. The van der Waals surface area contributed by atoms with Gasteiger partial charge in [0.15, 0.2) is 0 Å². The molecule has 0 radical (unpaired) electrons. The van der Waals surface area contributed by atoms with E-state index >= 15 is 0 Å². The van der Waals surface area contributed by atoms with Crippen molar-refractivity contribution in [2.75, 3.05) is 19.6 Å². The van der Waals surface area contributed by atoms with Crippen LogP contribution < -0.4 is 11.1 Å². The lowest BCUT2D eigenvalue weighted by Gasteiger charge is -2.27. The Morgan fingerprint density at radius 2 is 2.25 bits per heavy atom. The second-order valence-corrected chi connectivity index (χ2v) is 4.17. The van der Waals surface area contributed by atoms with E-state index in [0.29, 0.717) is 6.54 Å².